The molecule has 1 amide bonds. The van der Waals surface area contributed by atoms with E-state index in [1.165, 1.54) is 25.7 Å². The van der Waals surface area contributed by atoms with Crippen LogP contribution in [-0.2, 0) is 9.53 Å². The number of piperidine rings is 1. The highest BCUT2D eigenvalue weighted by atomic mass is 16.5. The van der Waals surface area contributed by atoms with Crippen LogP contribution in [0.5, 0.6) is 0 Å². The Morgan fingerprint density at radius 2 is 1.95 bits per heavy atom. The van der Waals surface area contributed by atoms with Crippen LogP contribution in [0.1, 0.15) is 44.9 Å². The molecule has 4 heteroatoms. The molecule has 3 fully saturated rings. The van der Waals surface area contributed by atoms with E-state index in [2.05, 4.69) is 10.6 Å². The monoisotopic (exact) mass is 266 g/mol. The van der Waals surface area contributed by atoms with Gasteiger partial charge in [-0.25, -0.2) is 0 Å². The molecule has 2 N–H and O–H groups in total. The fraction of sp³-hybridized carbons (Fsp3) is 0.933. The molecule has 0 atom stereocenters. The van der Waals surface area contributed by atoms with Crippen molar-refractivity contribution in [3.05, 3.63) is 0 Å². The maximum atomic E-state index is 11.8. The summed E-state index contributed by atoms with van der Waals surface area (Å²) in [6, 6.07) is 0. The summed E-state index contributed by atoms with van der Waals surface area (Å²) in [4.78, 5) is 11.8. The van der Waals surface area contributed by atoms with E-state index >= 15 is 0 Å². The first-order valence-corrected chi connectivity index (χ1v) is 7.88. The van der Waals surface area contributed by atoms with E-state index in [0.717, 1.165) is 38.4 Å². The van der Waals surface area contributed by atoms with Crippen molar-refractivity contribution in [2.75, 3.05) is 26.2 Å². The molecule has 3 aliphatic rings. The predicted molar refractivity (Wildman–Crippen MR) is 73.9 cm³/mol. The van der Waals surface area contributed by atoms with Gasteiger partial charge >= 0.3 is 0 Å². The fourth-order valence-corrected chi connectivity index (χ4v) is 3.23. The van der Waals surface area contributed by atoms with E-state index in [-0.39, 0.29) is 5.91 Å². The summed E-state index contributed by atoms with van der Waals surface area (Å²) in [6.45, 7) is 3.57. The van der Waals surface area contributed by atoms with Crippen molar-refractivity contribution >= 4 is 5.91 Å². The highest BCUT2D eigenvalue weighted by Crippen LogP contribution is 2.60. The molecule has 1 saturated heterocycles. The minimum Gasteiger partial charge on any atom is -0.378 e. The third kappa shape index (κ3) is 3.69. The normalized spacial score (nSPS) is 26.1. The van der Waals surface area contributed by atoms with Crippen molar-refractivity contribution in [3.8, 4) is 0 Å². The molecular weight excluding hydrogens is 240 g/mol. The minimum atomic E-state index is 0.167. The lowest BCUT2D eigenvalue weighted by atomic mass is 10.0. The molecule has 0 aromatic heterocycles. The van der Waals surface area contributed by atoms with Crippen LogP contribution in [-0.4, -0.2) is 38.3 Å². The summed E-state index contributed by atoms with van der Waals surface area (Å²) in [6.07, 6.45) is 8.44. The lowest BCUT2D eigenvalue weighted by Gasteiger charge is -2.23. The second-order valence-electron chi connectivity index (χ2n) is 6.48. The lowest BCUT2D eigenvalue weighted by Crippen LogP contribution is -2.34. The van der Waals surface area contributed by atoms with Gasteiger partial charge in [0.05, 0.1) is 12.7 Å². The second kappa shape index (κ2) is 5.80. The van der Waals surface area contributed by atoms with Gasteiger partial charge in [0.1, 0.15) is 0 Å². The highest BCUT2D eigenvalue weighted by Gasteiger charge is 2.53. The quantitative estimate of drug-likeness (QED) is 0.733. The lowest BCUT2D eigenvalue weighted by molar-refractivity contribution is -0.123. The van der Waals surface area contributed by atoms with Gasteiger partial charge in [-0.15, -0.1) is 0 Å². The first-order valence-electron chi connectivity index (χ1n) is 7.88. The van der Waals surface area contributed by atoms with Crippen LogP contribution < -0.4 is 10.6 Å². The molecule has 108 valence electrons. The summed E-state index contributed by atoms with van der Waals surface area (Å²) >= 11 is 0. The molecule has 3 rings (SSSR count). The number of hydrogen-bond acceptors (Lipinski definition) is 3. The SMILES string of the molecule is O=C(CCOC1CCNCC1)NCC1(C2CC2)CC1. The van der Waals surface area contributed by atoms with Crippen LogP contribution in [0.15, 0.2) is 0 Å². The summed E-state index contributed by atoms with van der Waals surface area (Å²) in [5, 5.41) is 6.43. The van der Waals surface area contributed by atoms with Crippen LogP contribution in [0.3, 0.4) is 0 Å². The van der Waals surface area contributed by atoms with Crippen LogP contribution in [0, 0.1) is 11.3 Å². The van der Waals surface area contributed by atoms with Gasteiger partial charge in [0.2, 0.25) is 5.91 Å². The average molecular weight is 266 g/mol. The van der Waals surface area contributed by atoms with Gasteiger partial charge in [0.25, 0.3) is 0 Å². The summed E-state index contributed by atoms with van der Waals surface area (Å²) in [5.74, 6) is 1.08. The van der Waals surface area contributed by atoms with Crippen LogP contribution in [0.2, 0.25) is 0 Å². The second-order valence-corrected chi connectivity index (χ2v) is 6.48. The number of rotatable bonds is 7. The first-order chi connectivity index (χ1) is 9.28. The third-order valence-electron chi connectivity index (χ3n) is 4.94. The Hall–Kier alpha value is -0.610. The van der Waals surface area contributed by atoms with Gasteiger partial charge in [0, 0.05) is 13.0 Å². The molecule has 4 nitrogen and oxygen atoms in total. The van der Waals surface area contributed by atoms with Crippen molar-refractivity contribution in [2.45, 2.75) is 51.0 Å². The van der Waals surface area contributed by atoms with Gasteiger partial charge in [-0.1, -0.05) is 0 Å². The van der Waals surface area contributed by atoms with E-state index in [9.17, 15) is 4.79 Å². The summed E-state index contributed by atoms with van der Waals surface area (Å²) in [7, 11) is 0. The Morgan fingerprint density at radius 1 is 1.21 bits per heavy atom. The molecule has 19 heavy (non-hydrogen) atoms. The van der Waals surface area contributed by atoms with E-state index in [1.807, 2.05) is 0 Å². The van der Waals surface area contributed by atoms with Gasteiger partial charge < -0.3 is 15.4 Å². The number of carbonyl (C=O) groups is 1. The zero-order valence-electron chi connectivity index (χ0n) is 11.7. The molecule has 0 aromatic carbocycles. The fourth-order valence-electron chi connectivity index (χ4n) is 3.23. The summed E-state index contributed by atoms with van der Waals surface area (Å²) < 4.78 is 5.76. The molecule has 2 saturated carbocycles. The van der Waals surface area contributed by atoms with Crippen molar-refractivity contribution < 1.29 is 9.53 Å². The number of amides is 1. The maximum Gasteiger partial charge on any atom is 0.222 e. The van der Waals surface area contributed by atoms with Crippen molar-refractivity contribution in [1.82, 2.24) is 10.6 Å². The molecule has 1 heterocycles. The Morgan fingerprint density at radius 3 is 2.58 bits per heavy atom. The topological polar surface area (TPSA) is 50.4 Å². The molecule has 0 unspecified atom stereocenters. The molecule has 0 radical (unpaired) electrons. The number of hydrogen-bond donors (Lipinski definition) is 2. The van der Waals surface area contributed by atoms with Gasteiger partial charge in [-0.2, -0.15) is 0 Å². The highest BCUT2D eigenvalue weighted by molar-refractivity contribution is 5.76. The Labute approximate surface area is 115 Å². The third-order valence-corrected chi connectivity index (χ3v) is 4.94. The zero-order chi connectivity index (χ0) is 13.1. The van der Waals surface area contributed by atoms with E-state index in [0.29, 0.717) is 24.5 Å². The van der Waals surface area contributed by atoms with Gasteiger partial charge in [-0.3, -0.25) is 4.79 Å². The number of ether oxygens (including phenoxy) is 1. The molecule has 0 aromatic rings. The zero-order valence-corrected chi connectivity index (χ0v) is 11.7. The molecule has 0 spiro atoms. The Balaban J connectivity index is 1.26. The van der Waals surface area contributed by atoms with Crippen molar-refractivity contribution in [2.24, 2.45) is 11.3 Å². The Bertz CT molecular complexity index is 318. The van der Waals surface area contributed by atoms with Crippen LogP contribution in [0.25, 0.3) is 0 Å². The van der Waals surface area contributed by atoms with Gasteiger partial charge in [0.15, 0.2) is 0 Å². The van der Waals surface area contributed by atoms with Gasteiger partial charge in [-0.05, 0) is 62.9 Å². The van der Waals surface area contributed by atoms with Crippen LogP contribution in [0.4, 0.5) is 0 Å². The van der Waals surface area contributed by atoms with Crippen molar-refractivity contribution in [1.29, 1.82) is 0 Å². The molecular formula is C15H26N2O2. The number of carbonyl (C=O) groups excluding carboxylic acids is 1. The summed E-state index contributed by atoms with van der Waals surface area (Å²) in [5.41, 5.74) is 0.506. The van der Waals surface area contributed by atoms with E-state index < -0.39 is 0 Å². The minimum absolute atomic E-state index is 0.167. The molecule has 1 aliphatic heterocycles. The van der Waals surface area contributed by atoms with Crippen LogP contribution >= 0.6 is 0 Å². The molecule has 2 aliphatic carbocycles. The maximum absolute atomic E-state index is 11.8. The first kappa shape index (κ1) is 13.4. The smallest absolute Gasteiger partial charge is 0.222 e. The average Bonchev–Trinajstić information content (AvgIpc) is 3.29. The van der Waals surface area contributed by atoms with E-state index in [1.54, 1.807) is 0 Å². The number of nitrogens with one attached hydrogen (secondary N) is 2. The van der Waals surface area contributed by atoms with E-state index in [4.69, 9.17) is 4.74 Å². The predicted octanol–water partition coefficient (Wildman–Crippen LogP) is 1.45. The van der Waals surface area contributed by atoms with Crippen molar-refractivity contribution in [3.63, 3.8) is 0 Å². The Kier molecular flexibility index (Phi) is 4.08. The largest absolute Gasteiger partial charge is 0.378 e. The molecule has 0 bridgehead atoms. The standard InChI is InChI=1S/C15H26N2O2/c18-14(5-10-19-13-3-8-16-9-4-13)17-11-15(6-7-15)12-1-2-12/h12-13,16H,1-11H2,(H,17,18).